The van der Waals surface area contributed by atoms with E-state index in [1.165, 1.54) is 11.3 Å². The molecule has 2 aromatic heterocycles. The number of aryl methyl sites for hydroxylation is 1. The molecule has 4 aromatic rings. The Morgan fingerprint density at radius 3 is 2.68 bits per heavy atom. The fourth-order valence-electron chi connectivity index (χ4n) is 3.09. The molecular weight excluding hydrogens is 392 g/mol. The number of carbonyl (C=O) groups is 1. The number of hydrogen-bond acceptors (Lipinski definition) is 4. The van der Waals surface area contributed by atoms with Gasteiger partial charge in [0.05, 0.1) is 17.0 Å². The minimum Gasteiger partial charge on any atom is -0.494 e. The zero-order valence-electron chi connectivity index (χ0n) is 15.6. The molecular formula is C22H19ClN2O2S. The van der Waals surface area contributed by atoms with Crippen molar-refractivity contribution in [1.29, 1.82) is 0 Å². The highest BCUT2D eigenvalue weighted by Gasteiger charge is 2.15. The fraction of sp³-hybridized carbons (Fsp3) is 0.182. The van der Waals surface area contributed by atoms with Crippen molar-refractivity contribution in [3.8, 4) is 5.75 Å². The molecule has 142 valence electrons. The Balaban J connectivity index is 1.58. The van der Waals surface area contributed by atoms with Gasteiger partial charge in [0.25, 0.3) is 5.91 Å². The Labute approximate surface area is 172 Å². The number of thiophene rings is 1. The molecule has 0 aliphatic rings. The number of carbonyl (C=O) groups excluding carboxylic acids is 1. The molecule has 0 bridgehead atoms. The van der Waals surface area contributed by atoms with Gasteiger partial charge in [0.2, 0.25) is 0 Å². The number of rotatable bonds is 5. The maximum atomic E-state index is 12.7. The first-order valence-electron chi connectivity index (χ1n) is 9.04. The molecule has 0 aliphatic carbocycles. The molecule has 6 heteroatoms. The third kappa shape index (κ3) is 3.68. The number of pyridine rings is 1. The van der Waals surface area contributed by atoms with Gasteiger partial charge >= 0.3 is 0 Å². The van der Waals surface area contributed by atoms with Crippen molar-refractivity contribution in [2.24, 2.45) is 0 Å². The van der Waals surface area contributed by atoms with Gasteiger partial charge in [0, 0.05) is 22.0 Å². The van der Waals surface area contributed by atoms with Crippen molar-refractivity contribution < 1.29 is 9.53 Å². The minimum atomic E-state index is -0.119. The number of nitrogens with one attached hydrogen (secondary N) is 1. The first-order valence-corrected chi connectivity index (χ1v) is 10.2. The molecule has 0 aliphatic heterocycles. The Bertz CT molecular complexity index is 1170. The second kappa shape index (κ2) is 7.78. The van der Waals surface area contributed by atoms with E-state index in [0.717, 1.165) is 37.9 Å². The molecule has 2 heterocycles. The van der Waals surface area contributed by atoms with Crippen molar-refractivity contribution in [3.05, 3.63) is 69.7 Å². The average molecular weight is 411 g/mol. The predicted molar refractivity (Wildman–Crippen MR) is 116 cm³/mol. The van der Waals surface area contributed by atoms with Gasteiger partial charge in [0.15, 0.2) is 0 Å². The van der Waals surface area contributed by atoms with Crippen LogP contribution in [0.2, 0.25) is 5.15 Å². The van der Waals surface area contributed by atoms with Crippen LogP contribution in [0.1, 0.15) is 27.7 Å². The van der Waals surface area contributed by atoms with E-state index in [1.807, 2.05) is 56.3 Å². The van der Waals surface area contributed by atoms with Crippen molar-refractivity contribution in [2.75, 3.05) is 6.61 Å². The lowest BCUT2D eigenvalue weighted by molar-refractivity contribution is 0.0955. The molecule has 0 radical (unpaired) electrons. The van der Waals surface area contributed by atoms with Crippen LogP contribution in [0.3, 0.4) is 0 Å². The van der Waals surface area contributed by atoms with Crippen LogP contribution in [0.25, 0.3) is 21.0 Å². The molecule has 0 unspecified atom stereocenters. The van der Waals surface area contributed by atoms with Crippen molar-refractivity contribution in [1.82, 2.24) is 10.3 Å². The molecule has 28 heavy (non-hydrogen) atoms. The third-order valence-electron chi connectivity index (χ3n) is 4.48. The first kappa shape index (κ1) is 18.7. The maximum Gasteiger partial charge on any atom is 0.261 e. The standard InChI is InChI=1S/C22H19ClN2O2S/c1-3-27-15-7-5-14(6-8-15)12-24-22(26)19-11-17-20(28-19)16-10-13(2)4-9-18(16)25-21(17)23/h4-11H,3,12H2,1-2H3,(H,24,26). The Kier molecular flexibility index (Phi) is 5.20. The van der Waals surface area contributed by atoms with Crippen molar-refractivity contribution in [2.45, 2.75) is 20.4 Å². The lowest BCUT2D eigenvalue weighted by Gasteiger charge is -2.06. The number of hydrogen-bond donors (Lipinski definition) is 1. The van der Waals surface area contributed by atoms with E-state index >= 15 is 0 Å². The van der Waals surface area contributed by atoms with E-state index < -0.39 is 0 Å². The largest absolute Gasteiger partial charge is 0.494 e. The molecule has 1 N–H and O–H groups in total. The van der Waals surface area contributed by atoms with Gasteiger partial charge in [-0.05, 0) is 49.7 Å². The second-order valence-electron chi connectivity index (χ2n) is 6.54. The van der Waals surface area contributed by atoms with Gasteiger partial charge in [-0.1, -0.05) is 35.4 Å². The summed E-state index contributed by atoms with van der Waals surface area (Å²) in [5.41, 5.74) is 3.00. The number of aromatic nitrogens is 1. The van der Waals surface area contributed by atoms with E-state index in [9.17, 15) is 4.79 Å². The van der Waals surface area contributed by atoms with Crippen molar-refractivity contribution in [3.63, 3.8) is 0 Å². The number of amides is 1. The SMILES string of the molecule is CCOc1ccc(CNC(=O)c2cc3c(Cl)nc4ccc(C)cc4c3s2)cc1. The highest BCUT2D eigenvalue weighted by molar-refractivity contribution is 7.21. The normalized spacial score (nSPS) is 11.1. The van der Waals surface area contributed by atoms with Crippen molar-refractivity contribution >= 4 is 49.8 Å². The van der Waals surface area contributed by atoms with Gasteiger partial charge in [-0.25, -0.2) is 4.98 Å². The van der Waals surface area contributed by atoms with Gasteiger partial charge < -0.3 is 10.1 Å². The number of nitrogens with zero attached hydrogens (tertiary/aromatic N) is 1. The van der Waals surface area contributed by atoms with Crippen LogP contribution in [-0.2, 0) is 6.54 Å². The van der Waals surface area contributed by atoms with E-state index in [4.69, 9.17) is 16.3 Å². The van der Waals surface area contributed by atoms with Gasteiger partial charge in [-0.15, -0.1) is 11.3 Å². The van der Waals surface area contributed by atoms with E-state index in [0.29, 0.717) is 23.2 Å². The number of halogens is 1. The van der Waals surface area contributed by atoms with Crippen LogP contribution in [0.5, 0.6) is 5.75 Å². The summed E-state index contributed by atoms with van der Waals surface area (Å²) < 4.78 is 6.43. The molecule has 4 rings (SSSR count). The fourth-order valence-corrected chi connectivity index (χ4v) is 4.49. The van der Waals surface area contributed by atoms with E-state index in [2.05, 4.69) is 16.4 Å². The van der Waals surface area contributed by atoms with Crippen LogP contribution in [0, 0.1) is 6.92 Å². The van der Waals surface area contributed by atoms with Gasteiger partial charge in [-0.2, -0.15) is 0 Å². The van der Waals surface area contributed by atoms with Gasteiger partial charge in [-0.3, -0.25) is 4.79 Å². The Hall–Kier alpha value is -2.63. The third-order valence-corrected chi connectivity index (χ3v) is 5.94. The number of benzene rings is 2. The minimum absolute atomic E-state index is 0.119. The zero-order valence-corrected chi connectivity index (χ0v) is 17.2. The molecule has 4 nitrogen and oxygen atoms in total. The Morgan fingerprint density at radius 1 is 1.14 bits per heavy atom. The second-order valence-corrected chi connectivity index (χ2v) is 7.95. The average Bonchev–Trinajstić information content (AvgIpc) is 3.15. The highest BCUT2D eigenvalue weighted by atomic mass is 35.5. The number of ether oxygens (including phenoxy) is 1. The maximum absolute atomic E-state index is 12.7. The van der Waals surface area contributed by atoms with Crippen LogP contribution in [0.15, 0.2) is 48.5 Å². The molecule has 0 atom stereocenters. The summed E-state index contributed by atoms with van der Waals surface area (Å²) in [6.45, 7) is 5.07. The van der Waals surface area contributed by atoms with Crippen LogP contribution >= 0.6 is 22.9 Å². The van der Waals surface area contributed by atoms with Crippen LogP contribution in [0.4, 0.5) is 0 Å². The molecule has 2 aromatic carbocycles. The van der Waals surface area contributed by atoms with E-state index in [-0.39, 0.29) is 5.91 Å². The summed E-state index contributed by atoms with van der Waals surface area (Å²) in [6, 6.07) is 15.6. The predicted octanol–water partition coefficient (Wildman–Crippen LogP) is 5.74. The van der Waals surface area contributed by atoms with E-state index in [1.54, 1.807) is 0 Å². The highest BCUT2D eigenvalue weighted by Crippen LogP contribution is 2.36. The molecule has 0 saturated carbocycles. The summed E-state index contributed by atoms with van der Waals surface area (Å²) in [7, 11) is 0. The zero-order chi connectivity index (χ0) is 19.7. The lowest BCUT2D eigenvalue weighted by Crippen LogP contribution is -2.21. The summed E-state index contributed by atoms with van der Waals surface area (Å²) >= 11 is 7.80. The van der Waals surface area contributed by atoms with Gasteiger partial charge in [0.1, 0.15) is 10.9 Å². The quantitative estimate of drug-likeness (QED) is 0.427. The molecule has 0 fully saturated rings. The molecule has 1 amide bonds. The summed E-state index contributed by atoms with van der Waals surface area (Å²) in [5.74, 6) is 0.707. The monoisotopic (exact) mass is 410 g/mol. The summed E-state index contributed by atoms with van der Waals surface area (Å²) in [5, 5.41) is 5.24. The number of fused-ring (bicyclic) bond motifs is 3. The topological polar surface area (TPSA) is 51.2 Å². The summed E-state index contributed by atoms with van der Waals surface area (Å²) in [6.07, 6.45) is 0. The van der Waals surface area contributed by atoms with Crippen LogP contribution in [-0.4, -0.2) is 17.5 Å². The molecule has 0 spiro atoms. The summed E-state index contributed by atoms with van der Waals surface area (Å²) in [4.78, 5) is 17.8. The Morgan fingerprint density at radius 2 is 1.93 bits per heavy atom. The molecule has 0 saturated heterocycles. The van der Waals surface area contributed by atoms with Crippen LogP contribution < -0.4 is 10.1 Å². The smallest absolute Gasteiger partial charge is 0.261 e. The first-order chi connectivity index (χ1) is 13.5. The lowest BCUT2D eigenvalue weighted by atomic mass is 10.1.